The normalized spacial score (nSPS) is 15.2. The second-order valence-corrected chi connectivity index (χ2v) is 4.85. The van der Waals surface area contributed by atoms with Crippen molar-refractivity contribution in [3.05, 3.63) is 6.20 Å². The van der Waals surface area contributed by atoms with Gasteiger partial charge in [-0.25, -0.2) is 4.98 Å². The molecule has 1 aromatic rings. The Balaban J connectivity index is 2.28. The lowest BCUT2D eigenvalue weighted by Crippen LogP contribution is -2.44. The molecule has 0 bridgehead atoms. The maximum Gasteiger partial charge on any atom is 0.227 e. The van der Waals surface area contributed by atoms with Crippen molar-refractivity contribution >= 4 is 17.5 Å². The van der Waals surface area contributed by atoms with Crippen molar-refractivity contribution in [2.24, 2.45) is 0 Å². The fourth-order valence-electron chi connectivity index (χ4n) is 2.46. The van der Waals surface area contributed by atoms with E-state index in [4.69, 9.17) is 4.98 Å². The van der Waals surface area contributed by atoms with Gasteiger partial charge in [-0.3, -0.25) is 0 Å². The van der Waals surface area contributed by atoms with Crippen molar-refractivity contribution in [1.82, 2.24) is 15.3 Å². The van der Waals surface area contributed by atoms with Crippen molar-refractivity contribution in [2.45, 2.75) is 20.8 Å². The number of hydrogen-bond acceptors (Lipinski definition) is 6. The van der Waals surface area contributed by atoms with E-state index in [1.165, 1.54) is 0 Å². The van der Waals surface area contributed by atoms with Crippen LogP contribution in [0.2, 0.25) is 0 Å². The molecule has 2 heterocycles. The monoisotopic (exact) mass is 278 g/mol. The van der Waals surface area contributed by atoms with E-state index in [2.05, 4.69) is 46.2 Å². The zero-order valence-corrected chi connectivity index (χ0v) is 12.8. The molecule has 0 radical (unpaired) electrons. The summed E-state index contributed by atoms with van der Waals surface area (Å²) < 4.78 is 0. The van der Waals surface area contributed by atoms with Gasteiger partial charge in [-0.05, 0) is 20.8 Å². The van der Waals surface area contributed by atoms with E-state index < -0.39 is 0 Å². The molecule has 0 aromatic carbocycles. The van der Waals surface area contributed by atoms with Gasteiger partial charge < -0.3 is 20.4 Å². The van der Waals surface area contributed by atoms with Crippen molar-refractivity contribution in [2.75, 3.05) is 60.9 Å². The zero-order valence-electron chi connectivity index (χ0n) is 12.8. The predicted octanol–water partition coefficient (Wildman–Crippen LogP) is 1.16. The number of nitrogens with one attached hydrogen (secondary N) is 2. The Morgan fingerprint density at radius 3 is 2.55 bits per heavy atom. The molecule has 2 N–H and O–H groups in total. The summed E-state index contributed by atoms with van der Waals surface area (Å²) in [4.78, 5) is 13.9. The number of hydrogen-bond donors (Lipinski definition) is 2. The maximum atomic E-state index is 4.81. The fraction of sp³-hybridized carbons (Fsp3) is 0.714. The first kappa shape index (κ1) is 14.8. The van der Waals surface area contributed by atoms with E-state index in [9.17, 15) is 0 Å². The van der Waals surface area contributed by atoms with Crippen LogP contribution in [0.1, 0.15) is 20.8 Å². The van der Waals surface area contributed by atoms with Crippen LogP contribution in [0.25, 0.3) is 0 Å². The van der Waals surface area contributed by atoms with E-state index in [0.717, 1.165) is 63.3 Å². The highest BCUT2D eigenvalue weighted by molar-refractivity contribution is 5.66. The molecule has 1 saturated heterocycles. The van der Waals surface area contributed by atoms with Gasteiger partial charge in [0.15, 0.2) is 5.82 Å². The summed E-state index contributed by atoms with van der Waals surface area (Å²) in [6.45, 7) is 13.1. The SMILES string of the molecule is CCNc1cnc(N2CCNCC2)nc1N(CC)CC. The molecule has 0 unspecified atom stereocenters. The highest BCUT2D eigenvalue weighted by atomic mass is 15.3. The molecule has 0 spiro atoms. The van der Waals surface area contributed by atoms with Crippen LogP contribution >= 0.6 is 0 Å². The summed E-state index contributed by atoms with van der Waals surface area (Å²) in [6, 6.07) is 0. The van der Waals surface area contributed by atoms with Crippen LogP contribution in [0.5, 0.6) is 0 Å². The fourth-order valence-corrected chi connectivity index (χ4v) is 2.46. The van der Waals surface area contributed by atoms with E-state index in [1.54, 1.807) is 0 Å². The third kappa shape index (κ3) is 3.30. The van der Waals surface area contributed by atoms with Gasteiger partial charge in [0.1, 0.15) is 0 Å². The third-order valence-electron chi connectivity index (χ3n) is 3.59. The number of piperazine rings is 1. The second kappa shape index (κ2) is 7.28. The van der Waals surface area contributed by atoms with Gasteiger partial charge in [-0.15, -0.1) is 0 Å². The Hall–Kier alpha value is -1.56. The number of rotatable bonds is 6. The topological polar surface area (TPSA) is 56.3 Å². The first-order valence-electron chi connectivity index (χ1n) is 7.61. The minimum atomic E-state index is 0.843. The smallest absolute Gasteiger partial charge is 0.227 e. The van der Waals surface area contributed by atoms with Crippen molar-refractivity contribution < 1.29 is 0 Å². The summed E-state index contributed by atoms with van der Waals surface area (Å²) in [5.41, 5.74) is 1.02. The van der Waals surface area contributed by atoms with Gasteiger partial charge in [0.2, 0.25) is 5.95 Å². The summed E-state index contributed by atoms with van der Waals surface area (Å²) >= 11 is 0. The quantitative estimate of drug-likeness (QED) is 0.814. The lowest BCUT2D eigenvalue weighted by atomic mass is 10.3. The van der Waals surface area contributed by atoms with Gasteiger partial charge in [0.25, 0.3) is 0 Å². The lowest BCUT2D eigenvalue weighted by Gasteiger charge is -2.29. The molecule has 6 nitrogen and oxygen atoms in total. The van der Waals surface area contributed by atoms with E-state index in [1.807, 2.05) is 6.20 Å². The lowest BCUT2D eigenvalue weighted by molar-refractivity contribution is 0.579. The van der Waals surface area contributed by atoms with E-state index >= 15 is 0 Å². The largest absolute Gasteiger partial charge is 0.381 e. The second-order valence-electron chi connectivity index (χ2n) is 4.85. The molecule has 2 rings (SSSR count). The molecule has 1 aliphatic heterocycles. The summed E-state index contributed by atoms with van der Waals surface area (Å²) in [7, 11) is 0. The minimum Gasteiger partial charge on any atom is -0.381 e. The average molecular weight is 278 g/mol. The molecular weight excluding hydrogens is 252 g/mol. The van der Waals surface area contributed by atoms with Crippen molar-refractivity contribution in [3.8, 4) is 0 Å². The highest BCUT2D eigenvalue weighted by Gasteiger charge is 2.17. The molecule has 0 saturated carbocycles. The number of aromatic nitrogens is 2. The molecular formula is C14H26N6. The molecule has 1 aliphatic rings. The predicted molar refractivity (Wildman–Crippen MR) is 84.8 cm³/mol. The van der Waals surface area contributed by atoms with Crippen molar-refractivity contribution in [3.63, 3.8) is 0 Å². The van der Waals surface area contributed by atoms with Gasteiger partial charge in [0.05, 0.1) is 11.9 Å². The Morgan fingerprint density at radius 1 is 1.25 bits per heavy atom. The first-order chi connectivity index (χ1) is 9.80. The summed E-state index contributed by atoms with van der Waals surface area (Å²) in [6.07, 6.45) is 1.92. The van der Waals surface area contributed by atoms with Crippen LogP contribution in [-0.2, 0) is 0 Å². The molecule has 1 aromatic heterocycles. The minimum absolute atomic E-state index is 0.843. The molecule has 1 fully saturated rings. The van der Waals surface area contributed by atoms with Crippen molar-refractivity contribution in [1.29, 1.82) is 0 Å². The summed E-state index contributed by atoms with van der Waals surface area (Å²) in [5.74, 6) is 1.86. The van der Waals surface area contributed by atoms with Crippen LogP contribution in [0.4, 0.5) is 17.5 Å². The third-order valence-corrected chi connectivity index (χ3v) is 3.59. The van der Waals surface area contributed by atoms with Gasteiger partial charge >= 0.3 is 0 Å². The van der Waals surface area contributed by atoms with Crippen LogP contribution in [-0.4, -0.2) is 55.8 Å². The van der Waals surface area contributed by atoms with E-state index in [-0.39, 0.29) is 0 Å². The van der Waals surface area contributed by atoms with Crippen LogP contribution < -0.4 is 20.4 Å². The molecule has 20 heavy (non-hydrogen) atoms. The summed E-state index contributed by atoms with van der Waals surface area (Å²) in [5, 5.41) is 6.71. The molecule has 112 valence electrons. The molecule has 0 amide bonds. The standard InChI is InChI=1S/C14H26N6/c1-4-16-12-11-17-14(20-9-7-15-8-10-20)18-13(12)19(5-2)6-3/h11,15-16H,4-10H2,1-3H3. The first-order valence-corrected chi connectivity index (χ1v) is 7.61. The number of anilines is 3. The van der Waals surface area contributed by atoms with Gasteiger partial charge in [0, 0.05) is 45.8 Å². The Bertz CT molecular complexity index is 412. The number of nitrogens with zero attached hydrogens (tertiary/aromatic N) is 4. The Kier molecular flexibility index (Phi) is 5.40. The van der Waals surface area contributed by atoms with Gasteiger partial charge in [-0.1, -0.05) is 0 Å². The average Bonchev–Trinajstić information content (AvgIpc) is 2.51. The Labute approximate surface area is 121 Å². The van der Waals surface area contributed by atoms with Gasteiger partial charge in [-0.2, -0.15) is 4.98 Å². The molecule has 0 atom stereocenters. The van der Waals surface area contributed by atoms with Crippen LogP contribution in [0.3, 0.4) is 0 Å². The molecule has 0 aliphatic carbocycles. The molecule has 6 heteroatoms. The Morgan fingerprint density at radius 2 is 1.95 bits per heavy atom. The zero-order chi connectivity index (χ0) is 14.4. The van der Waals surface area contributed by atoms with Crippen LogP contribution in [0, 0.1) is 0 Å². The van der Waals surface area contributed by atoms with E-state index in [0.29, 0.717) is 0 Å². The maximum absolute atomic E-state index is 4.81. The highest BCUT2D eigenvalue weighted by Crippen LogP contribution is 2.25. The van der Waals surface area contributed by atoms with Crippen LogP contribution in [0.15, 0.2) is 6.20 Å².